The molecule has 1 heterocycles. The molecule has 0 saturated heterocycles. The number of thiophene rings is 1. The minimum atomic E-state index is -0.553. The third-order valence-electron chi connectivity index (χ3n) is 3.20. The topological polar surface area (TPSA) is 64.3 Å². The van der Waals surface area contributed by atoms with Crippen LogP contribution in [0.1, 0.15) is 18.7 Å². The number of carbonyl (C=O) groups is 1. The maximum absolute atomic E-state index is 12.4. The van der Waals surface area contributed by atoms with Gasteiger partial charge in [-0.05, 0) is 49.6 Å². The number of nitrogens with one attached hydrogen (secondary N) is 1. The molecule has 2 aromatic rings. The number of amides is 1. The highest BCUT2D eigenvalue weighted by Gasteiger charge is 2.30. The molecular formula is C16H20N2O2S. The molecule has 1 aromatic heterocycles. The summed E-state index contributed by atoms with van der Waals surface area (Å²) in [6, 6.07) is 11.2. The van der Waals surface area contributed by atoms with Crippen molar-refractivity contribution in [2.75, 3.05) is 18.5 Å². The second-order valence-corrected chi connectivity index (χ2v) is 6.17. The van der Waals surface area contributed by atoms with E-state index in [-0.39, 0.29) is 5.91 Å². The van der Waals surface area contributed by atoms with Crippen molar-refractivity contribution in [3.8, 4) is 5.75 Å². The van der Waals surface area contributed by atoms with E-state index in [1.165, 1.54) is 0 Å². The number of nitrogens with two attached hydrogens (primary N) is 1. The van der Waals surface area contributed by atoms with Crippen molar-refractivity contribution in [3.63, 3.8) is 0 Å². The first-order valence-corrected chi connectivity index (χ1v) is 7.70. The predicted molar refractivity (Wildman–Crippen MR) is 87.0 cm³/mol. The van der Waals surface area contributed by atoms with Crippen molar-refractivity contribution < 1.29 is 9.53 Å². The van der Waals surface area contributed by atoms with Gasteiger partial charge in [-0.3, -0.25) is 4.79 Å². The van der Waals surface area contributed by atoms with Gasteiger partial charge in [-0.1, -0.05) is 6.07 Å². The van der Waals surface area contributed by atoms with E-state index in [0.717, 1.165) is 16.3 Å². The number of ether oxygens (including phenoxy) is 1. The SMILES string of the molecule is CC(C)(C(=O)Nc1ccc(OCCN)cc1)c1cccs1. The molecular weight excluding hydrogens is 284 g/mol. The van der Waals surface area contributed by atoms with E-state index in [0.29, 0.717) is 13.2 Å². The lowest BCUT2D eigenvalue weighted by Crippen LogP contribution is -2.33. The highest BCUT2D eigenvalue weighted by molar-refractivity contribution is 7.10. The maximum Gasteiger partial charge on any atom is 0.235 e. The first-order chi connectivity index (χ1) is 10.0. The smallest absolute Gasteiger partial charge is 0.235 e. The minimum absolute atomic E-state index is 0.0272. The second-order valence-electron chi connectivity index (χ2n) is 5.22. The van der Waals surface area contributed by atoms with E-state index in [9.17, 15) is 4.79 Å². The molecule has 1 aromatic carbocycles. The molecule has 0 bridgehead atoms. The zero-order valence-corrected chi connectivity index (χ0v) is 13.1. The van der Waals surface area contributed by atoms with Crippen molar-refractivity contribution in [2.45, 2.75) is 19.3 Å². The molecule has 0 aliphatic heterocycles. The zero-order valence-electron chi connectivity index (χ0n) is 12.3. The third-order valence-corrected chi connectivity index (χ3v) is 4.40. The maximum atomic E-state index is 12.4. The number of hydrogen-bond donors (Lipinski definition) is 2. The Hall–Kier alpha value is -1.85. The number of carbonyl (C=O) groups excluding carboxylic acids is 1. The van der Waals surface area contributed by atoms with Crippen LogP contribution in [0.3, 0.4) is 0 Å². The summed E-state index contributed by atoms with van der Waals surface area (Å²) >= 11 is 1.59. The van der Waals surface area contributed by atoms with E-state index in [1.54, 1.807) is 11.3 Å². The molecule has 112 valence electrons. The molecule has 2 rings (SSSR count). The van der Waals surface area contributed by atoms with Crippen LogP contribution in [-0.4, -0.2) is 19.1 Å². The summed E-state index contributed by atoms with van der Waals surface area (Å²) in [6.45, 7) is 4.81. The third kappa shape index (κ3) is 3.83. The molecule has 1 amide bonds. The van der Waals surface area contributed by atoms with Crippen molar-refractivity contribution in [1.29, 1.82) is 0 Å². The molecule has 0 aliphatic carbocycles. The summed E-state index contributed by atoms with van der Waals surface area (Å²) in [4.78, 5) is 13.5. The predicted octanol–water partition coefficient (Wildman–Crippen LogP) is 3.00. The average molecular weight is 304 g/mol. The standard InChI is InChI=1S/C16H20N2O2S/c1-16(2,14-4-3-11-21-14)15(19)18-12-5-7-13(8-6-12)20-10-9-17/h3-8,11H,9-10,17H2,1-2H3,(H,18,19). The molecule has 0 saturated carbocycles. The van der Waals surface area contributed by atoms with Crippen LogP contribution in [0.5, 0.6) is 5.75 Å². The highest BCUT2D eigenvalue weighted by Crippen LogP contribution is 2.29. The highest BCUT2D eigenvalue weighted by atomic mass is 32.1. The first kappa shape index (κ1) is 15.5. The van der Waals surface area contributed by atoms with Gasteiger partial charge in [-0.2, -0.15) is 0 Å². The molecule has 0 atom stereocenters. The van der Waals surface area contributed by atoms with Gasteiger partial charge in [0.25, 0.3) is 0 Å². The Balaban J connectivity index is 2.02. The first-order valence-electron chi connectivity index (χ1n) is 6.82. The molecule has 4 nitrogen and oxygen atoms in total. The van der Waals surface area contributed by atoms with Crippen molar-refractivity contribution in [2.24, 2.45) is 5.73 Å². The molecule has 0 unspecified atom stereocenters. The van der Waals surface area contributed by atoms with Crippen LogP contribution in [0.15, 0.2) is 41.8 Å². The molecule has 5 heteroatoms. The largest absolute Gasteiger partial charge is 0.492 e. The molecule has 0 fully saturated rings. The van der Waals surface area contributed by atoms with Crippen LogP contribution >= 0.6 is 11.3 Å². The summed E-state index contributed by atoms with van der Waals surface area (Å²) in [5.41, 5.74) is 5.59. The van der Waals surface area contributed by atoms with Gasteiger partial charge >= 0.3 is 0 Å². The Morgan fingerprint density at radius 1 is 1.29 bits per heavy atom. The number of rotatable bonds is 6. The summed E-state index contributed by atoms with van der Waals surface area (Å²) in [6.07, 6.45) is 0. The second kappa shape index (κ2) is 6.74. The molecule has 0 spiro atoms. The number of anilines is 1. The van der Waals surface area contributed by atoms with Gasteiger partial charge in [-0.15, -0.1) is 11.3 Å². The zero-order chi connectivity index (χ0) is 15.3. The Labute approximate surface area is 128 Å². The minimum Gasteiger partial charge on any atom is -0.492 e. The van der Waals surface area contributed by atoms with Gasteiger partial charge < -0.3 is 15.8 Å². The molecule has 0 aliphatic rings. The van der Waals surface area contributed by atoms with E-state index in [4.69, 9.17) is 10.5 Å². The molecule has 0 radical (unpaired) electrons. The Bertz CT molecular complexity index is 577. The molecule has 3 N–H and O–H groups in total. The summed E-state index contributed by atoms with van der Waals surface area (Å²) in [7, 11) is 0. The lowest BCUT2D eigenvalue weighted by atomic mass is 9.90. The van der Waals surface area contributed by atoms with Crippen LogP contribution in [-0.2, 0) is 10.2 Å². The summed E-state index contributed by atoms with van der Waals surface area (Å²) in [5, 5.41) is 4.92. The van der Waals surface area contributed by atoms with E-state index in [1.807, 2.05) is 55.6 Å². The number of hydrogen-bond acceptors (Lipinski definition) is 4. The number of benzene rings is 1. The average Bonchev–Trinajstić information content (AvgIpc) is 3.01. The van der Waals surface area contributed by atoms with Crippen LogP contribution in [0.4, 0.5) is 5.69 Å². The van der Waals surface area contributed by atoms with Gasteiger partial charge in [-0.25, -0.2) is 0 Å². The Morgan fingerprint density at radius 3 is 2.57 bits per heavy atom. The monoisotopic (exact) mass is 304 g/mol. The Morgan fingerprint density at radius 2 is 2.00 bits per heavy atom. The lowest BCUT2D eigenvalue weighted by molar-refractivity contribution is -0.120. The van der Waals surface area contributed by atoms with Gasteiger partial charge in [0, 0.05) is 17.1 Å². The van der Waals surface area contributed by atoms with Gasteiger partial charge in [0.1, 0.15) is 12.4 Å². The normalized spacial score (nSPS) is 11.2. The van der Waals surface area contributed by atoms with Crippen molar-refractivity contribution in [1.82, 2.24) is 0 Å². The quantitative estimate of drug-likeness (QED) is 0.862. The van der Waals surface area contributed by atoms with E-state index >= 15 is 0 Å². The van der Waals surface area contributed by atoms with Gasteiger partial charge in [0.05, 0.1) is 5.41 Å². The summed E-state index contributed by atoms with van der Waals surface area (Å²) in [5.74, 6) is 0.719. The van der Waals surface area contributed by atoms with Crippen LogP contribution in [0.2, 0.25) is 0 Å². The van der Waals surface area contributed by atoms with E-state index in [2.05, 4.69) is 5.32 Å². The van der Waals surface area contributed by atoms with Crippen LogP contribution in [0, 0.1) is 0 Å². The summed E-state index contributed by atoms with van der Waals surface area (Å²) < 4.78 is 5.41. The van der Waals surface area contributed by atoms with Crippen LogP contribution in [0.25, 0.3) is 0 Å². The van der Waals surface area contributed by atoms with E-state index < -0.39 is 5.41 Å². The van der Waals surface area contributed by atoms with Crippen molar-refractivity contribution >= 4 is 22.9 Å². The fraction of sp³-hybridized carbons (Fsp3) is 0.312. The van der Waals surface area contributed by atoms with Crippen LogP contribution < -0.4 is 15.8 Å². The Kier molecular flexibility index (Phi) is 4.98. The fourth-order valence-electron chi connectivity index (χ4n) is 1.84. The van der Waals surface area contributed by atoms with Gasteiger partial charge in [0.2, 0.25) is 5.91 Å². The fourth-order valence-corrected chi connectivity index (χ4v) is 2.69. The van der Waals surface area contributed by atoms with Crippen molar-refractivity contribution in [3.05, 3.63) is 46.7 Å². The molecule has 21 heavy (non-hydrogen) atoms. The lowest BCUT2D eigenvalue weighted by Gasteiger charge is -2.22. The van der Waals surface area contributed by atoms with Gasteiger partial charge in [0.15, 0.2) is 0 Å².